The van der Waals surface area contributed by atoms with Crippen molar-refractivity contribution in [3.8, 4) is 0 Å². The van der Waals surface area contributed by atoms with Crippen LogP contribution in [0, 0.1) is 10.1 Å². The molecule has 0 radical (unpaired) electrons. The Labute approximate surface area is 126 Å². The van der Waals surface area contributed by atoms with Crippen molar-refractivity contribution < 1.29 is 24.4 Å². The van der Waals surface area contributed by atoms with Gasteiger partial charge in [-0.3, -0.25) is 14.9 Å². The number of carbonyl (C=O) groups is 2. The number of benzene rings is 1. The highest BCUT2D eigenvalue weighted by Crippen LogP contribution is 2.17. The van der Waals surface area contributed by atoms with E-state index in [1.807, 2.05) is 0 Å². The third kappa shape index (κ3) is 4.98. The zero-order chi connectivity index (χ0) is 16.7. The van der Waals surface area contributed by atoms with Crippen molar-refractivity contribution in [2.24, 2.45) is 5.73 Å². The molecule has 3 N–H and O–H groups in total. The predicted molar refractivity (Wildman–Crippen MR) is 77.9 cm³/mol. The minimum absolute atomic E-state index is 0.0860. The maximum Gasteiger partial charge on any atom is 0.334 e. The van der Waals surface area contributed by atoms with E-state index in [0.29, 0.717) is 5.56 Å². The topological polar surface area (TPSA) is 133 Å². The number of ether oxygens (including phenoxy) is 1. The van der Waals surface area contributed by atoms with Gasteiger partial charge in [-0.05, 0) is 30.7 Å². The highest BCUT2D eigenvalue weighted by Gasteiger charge is 2.19. The van der Waals surface area contributed by atoms with Crippen LogP contribution in [0.3, 0.4) is 0 Å². The first-order chi connectivity index (χ1) is 10.3. The normalized spacial score (nSPS) is 12.5. The Morgan fingerprint density at radius 2 is 2.00 bits per heavy atom. The number of hydrogen-bond acceptors (Lipinski definition) is 6. The Balaban J connectivity index is 3.05. The van der Waals surface area contributed by atoms with Gasteiger partial charge in [0.05, 0.1) is 11.5 Å². The minimum atomic E-state index is -1.24. The number of nitro groups is 1. The van der Waals surface area contributed by atoms with Crippen LogP contribution >= 0.6 is 0 Å². The SMILES string of the molecule is CCOC(=O)/C(=C/c1ccc([N+](=O)[O-])cc1)C[C@@H](N)C(=O)O. The number of nitrogens with zero attached hydrogens (tertiary/aromatic N) is 1. The fourth-order valence-corrected chi connectivity index (χ4v) is 1.64. The third-order valence-electron chi connectivity index (χ3n) is 2.74. The maximum absolute atomic E-state index is 11.8. The van der Waals surface area contributed by atoms with Gasteiger partial charge < -0.3 is 15.6 Å². The quantitative estimate of drug-likeness (QED) is 0.336. The summed E-state index contributed by atoms with van der Waals surface area (Å²) < 4.78 is 4.85. The Morgan fingerprint density at radius 1 is 1.41 bits per heavy atom. The highest BCUT2D eigenvalue weighted by molar-refractivity contribution is 5.94. The number of aliphatic carboxylic acids is 1. The fraction of sp³-hybridized carbons (Fsp3) is 0.286. The molecule has 0 bridgehead atoms. The molecule has 0 aliphatic carbocycles. The molecule has 0 heterocycles. The summed E-state index contributed by atoms with van der Waals surface area (Å²) in [5.74, 6) is -1.91. The molecule has 1 aromatic rings. The number of hydrogen-bond donors (Lipinski definition) is 2. The van der Waals surface area contributed by atoms with Gasteiger partial charge in [0.15, 0.2) is 0 Å². The molecule has 8 nitrogen and oxygen atoms in total. The zero-order valence-electron chi connectivity index (χ0n) is 11.9. The van der Waals surface area contributed by atoms with Crippen LogP contribution in [0.15, 0.2) is 29.8 Å². The van der Waals surface area contributed by atoms with Gasteiger partial charge >= 0.3 is 11.9 Å². The monoisotopic (exact) mass is 308 g/mol. The van der Waals surface area contributed by atoms with Gasteiger partial charge in [-0.2, -0.15) is 0 Å². The molecular formula is C14H16N2O6. The second-order valence-corrected chi connectivity index (χ2v) is 4.39. The molecule has 22 heavy (non-hydrogen) atoms. The number of nitrogens with two attached hydrogens (primary N) is 1. The lowest BCUT2D eigenvalue weighted by Crippen LogP contribution is -2.31. The van der Waals surface area contributed by atoms with Crippen LogP contribution in [0.2, 0.25) is 0 Å². The first-order valence-corrected chi connectivity index (χ1v) is 6.45. The number of carbonyl (C=O) groups excluding carboxylic acids is 1. The Kier molecular flexibility index (Phi) is 6.21. The van der Waals surface area contributed by atoms with Crippen molar-refractivity contribution in [2.45, 2.75) is 19.4 Å². The largest absolute Gasteiger partial charge is 0.480 e. The fourth-order valence-electron chi connectivity index (χ4n) is 1.64. The number of carboxylic acid groups (broad SMARTS) is 1. The van der Waals surface area contributed by atoms with E-state index in [-0.39, 0.29) is 24.3 Å². The number of nitro benzene ring substituents is 1. The molecule has 0 saturated heterocycles. The number of esters is 1. The van der Waals surface area contributed by atoms with Crippen molar-refractivity contribution in [1.29, 1.82) is 0 Å². The molecule has 0 amide bonds. The van der Waals surface area contributed by atoms with Crippen molar-refractivity contribution >= 4 is 23.7 Å². The summed E-state index contributed by atoms with van der Waals surface area (Å²) in [4.78, 5) is 32.7. The lowest BCUT2D eigenvalue weighted by atomic mass is 10.0. The molecule has 0 aromatic heterocycles. The number of rotatable bonds is 7. The average Bonchev–Trinajstić information content (AvgIpc) is 2.47. The van der Waals surface area contributed by atoms with E-state index in [9.17, 15) is 19.7 Å². The molecule has 0 aliphatic rings. The standard InChI is InChI=1S/C14H16N2O6/c1-2-22-14(19)10(8-12(15)13(17)18)7-9-3-5-11(6-4-9)16(20)21/h3-7,12H,2,8,15H2,1H3,(H,17,18)/b10-7+/t12-/m1/s1. The maximum atomic E-state index is 11.8. The summed E-state index contributed by atoms with van der Waals surface area (Å²) in [5.41, 5.74) is 5.94. The Morgan fingerprint density at radius 3 is 2.45 bits per heavy atom. The van der Waals surface area contributed by atoms with E-state index < -0.39 is 22.9 Å². The molecule has 0 unspecified atom stereocenters. The van der Waals surface area contributed by atoms with Crippen LogP contribution in [0.1, 0.15) is 18.9 Å². The second kappa shape index (κ2) is 7.89. The van der Waals surface area contributed by atoms with Gasteiger partial charge in [-0.25, -0.2) is 4.79 Å². The third-order valence-corrected chi connectivity index (χ3v) is 2.74. The van der Waals surface area contributed by atoms with Crippen LogP contribution < -0.4 is 5.73 Å². The van der Waals surface area contributed by atoms with Crippen LogP contribution in [0.25, 0.3) is 6.08 Å². The molecule has 0 aliphatic heterocycles. The minimum Gasteiger partial charge on any atom is -0.480 e. The van der Waals surface area contributed by atoms with Crippen molar-refractivity contribution in [1.82, 2.24) is 0 Å². The first-order valence-electron chi connectivity index (χ1n) is 6.45. The zero-order valence-corrected chi connectivity index (χ0v) is 11.9. The van der Waals surface area contributed by atoms with E-state index in [4.69, 9.17) is 15.6 Å². The van der Waals surface area contributed by atoms with Crippen LogP contribution in [0.4, 0.5) is 5.69 Å². The van der Waals surface area contributed by atoms with Crippen LogP contribution in [-0.2, 0) is 14.3 Å². The van der Waals surface area contributed by atoms with Gasteiger partial charge in [0, 0.05) is 24.1 Å². The highest BCUT2D eigenvalue weighted by atomic mass is 16.6. The summed E-state index contributed by atoms with van der Waals surface area (Å²) >= 11 is 0. The summed E-state index contributed by atoms with van der Waals surface area (Å²) in [5, 5.41) is 19.4. The lowest BCUT2D eigenvalue weighted by Gasteiger charge is -2.10. The van der Waals surface area contributed by atoms with E-state index in [1.54, 1.807) is 6.92 Å². The van der Waals surface area contributed by atoms with Gasteiger partial charge in [0.1, 0.15) is 6.04 Å². The molecule has 0 spiro atoms. The molecule has 8 heteroatoms. The van der Waals surface area contributed by atoms with E-state index >= 15 is 0 Å². The van der Waals surface area contributed by atoms with Crippen LogP contribution in [0.5, 0.6) is 0 Å². The van der Waals surface area contributed by atoms with E-state index in [0.717, 1.165) is 0 Å². The molecule has 0 fully saturated rings. The van der Waals surface area contributed by atoms with Crippen LogP contribution in [-0.4, -0.2) is 34.6 Å². The van der Waals surface area contributed by atoms with Crippen molar-refractivity contribution in [2.75, 3.05) is 6.61 Å². The van der Waals surface area contributed by atoms with Gasteiger partial charge in [0.25, 0.3) is 5.69 Å². The molecule has 118 valence electrons. The summed E-state index contributed by atoms with van der Waals surface area (Å²) in [7, 11) is 0. The predicted octanol–water partition coefficient (Wildman–Crippen LogP) is 1.34. The smallest absolute Gasteiger partial charge is 0.334 e. The Hall–Kier alpha value is -2.74. The van der Waals surface area contributed by atoms with Crippen molar-refractivity contribution in [3.63, 3.8) is 0 Å². The van der Waals surface area contributed by atoms with E-state index in [1.165, 1.54) is 30.3 Å². The number of non-ortho nitro benzene ring substituents is 1. The van der Waals surface area contributed by atoms with Gasteiger partial charge in [-0.15, -0.1) is 0 Å². The average molecular weight is 308 g/mol. The van der Waals surface area contributed by atoms with Gasteiger partial charge in [0.2, 0.25) is 0 Å². The molecule has 1 atom stereocenters. The second-order valence-electron chi connectivity index (χ2n) is 4.39. The first kappa shape index (κ1) is 17.3. The molecule has 1 aromatic carbocycles. The van der Waals surface area contributed by atoms with Gasteiger partial charge in [-0.1, -0.05) is 0 Å². The summed E-state index contributed by atoms with van der Waals surface area (Å²) in [6.45, 7) is 1.76. The molecule has 0 saturated carbocycles. The lowest BCUT2D eigenvalue weighted by molar-refractivity contribution is -0.384. The molecule has 1 rings (SSSR count). The summed E-state index contributed by atoms with van der Waals surface area (Å²) in [6.07, 6.45) is 1.20. The van der Waals surface area contributed by atoms with Crippen molar-refractivity contribution in [3.05, 3.63) is 45.5 Å². The van der Waals surface area contributed by atoms with E-state index in [2.05, 4.69) is 0 Å². The number of carboxylic acids is 1. The molecular weight excluding hydrogens is 292 g/mol. The summed E-state index contributed by atoms with van der Waals surface area (Å²) in [6, 6.07) is 4.22. The Bertz CT molecular complexity index is 594.